The molecule has 0 amide bonds. The van der Waals surface area contributed by atoms with Crippen molar-refractivity contribution in [2.24, 2.45) is 0 Å². The average Bonchev–Trinajstić information content (AvgIpc) is 2.36. The van der Waals surface area contributed by atoms with Crippen molar-refractivity contribution < 1.29 is 14.3 Å². The second-order valence-corrected chi connectivity index (χ2v) is 4.04. The maximum absolute atomic E-state index is 11.8. The van der Waals surface area contributed by atoms with Crippen molar-refractivity contribution in [3.8, 4) is 5.75 Å². The largest absolute Gasteiger partial charge is 0.495 e. The van der Waals surface area contributed by atoms with Crippen LogP contribution in [0.4, 0.5) is 0 Å². The highest BCUT2D eigenvalue weighted by Gasteiger charge is 2.21. The number of hydrogen-bond acceptors (Lipinski definition) is 4. The second-order valence-electron chi connectivity index (χ2n) is 3.64. The molecule has 0 aromatic heterocycles. The summed E-state index contributed by atoms with van der Waals surface area (Å²) >= 11 is 6.05. The molecule has 0 saturated carbocycles. The summed E-state index contributed by atoms with van der Waals surface area (Å²) in [5.74, 6) is 0.278. The van der Waals surface area contributed by atoms with Crippen LogP contribution in [0, 0.1) is 0 Å². The number of likely N-dealkylation sites (N-methyl/N-ethyl adjacent to an activating group) is 1. The maximum atomic E-state index is 11.8. The molecule has 18 heavy (non-hydrogen) atoms. The van der Waals surface area contributed by atoms with Crippen LogP contribution in [0.1, 0.15) is 25.5 Å². The van der Waals surface area contributed by atoms with E-state index in [4.69, 9.17) is 21.1 Å². The van der Waals surface area contributed by atoms with Crippen molar-refractivity contribution in [2.75, 3.05) is 20.3 Å². The Bertz CT molecular complexity index is 409. The maximum Gasteiger partial charge on any atom is 0.327 e. The van der Waals surface area contributed by atoms with E-state index < -0.39 is 6.04 Å². The normalized spacial score (nSPS) is 12.0. The van der Waals surface area contributed by atoms with Gasteiger partial charge in [0.2, 0.25) is 0 Å². The molecule has 0 heterocycles. The monoisotopic (exact) mass is 271 g/mol. The van der Waals surface area contributed by atoms with Gasteiger partial charge in [0, 0.05) is 0 Å². The van der Waals surface area contributed by atoms with Gasteiger partial charge in [-0.25, -0.2) is 4.79 Å². The molecule has 1 rings (SSSR count). The number of benzene rings is 1. The van der Waals surface area contributed by atoms with Gasteiger partial charge in [-0.1, -0.05) is 24.6 Å². The Balaban J connectivity index is 2.98. The number of carbonyl (C=O) groups excluding carboxylic acids is 1. The van der Waals surface area contributed by atoms with Crippen molar-refractivity contribution in [1.29, 1.82) is 0 Å². The SMILES string of the molecule is CCNC(C(=O)OCC)c1ccc(OC)c(Cl)c1. The van der Waals surface area contributed by atoms with Gasteiger partial charge in [0.1, 0.15) is 11.8 Å². The molecular formula is C13H18ClNO3. The van der Waals surface area contributed by atoms with Crippen LogP contribution in [0.2, 0.25) is 5.02 Å². The summed E-state index contributed by atoms with van der Waals surface area (Å²) in [6.07, 6.45) is 0. The average molecular weight is 272 g/mol. The summed E-state index contributed by atoms with van der Waals surface area (Å²) in [7, 11) is 1.55. The lowest BCUT2D eigenvalue weighted by molar-refractivity contribution is -0.145. The first-order valence-corrected chi connectivity index (χ1v) is 6.25. The molecule has 0 fully saturated rings. The summed E-state index contributed by atoms with van der Waals surface area (Å²) in [5.41, 5.74) is 0.765. The zero-order valence-electron chi connectivity index (χ0n) is 10.8. The Hall–Kier alpha value is -1.26. The van der Waals surface area contributed by atoms with Crippen molar-refractivity contribution in [1.82, 2.24) is 5.32 Å². The molecule has 1 N–H and O–H groups in total. The third kappa shape index (κ3) is 3.62. The van der Waals surface area contributed by atoms with Gasteiger partial charge in [-0.3, -0.25) is 0 Å². The van der Waals surface area contributed by atoms with E-state index >= 15 is 0 Å². The Labute approximate surface area is 112 Å². The topological polar surface area (TPSA) is 47.6 Å². The van der Waals surface area contributed by atoms with Gasteiger partial charge < -0.3 is 14.8 Å². The molecule has 1 unspecified atom stereocenters. The zero-order valence-corrected chi connectivity index (χ0v) is 11.6. The van der Waals surface area contributed by atoms with E-state index in [9.17, 15) is 4.79 Å². The third-order valence-electron chi connectivity index (χ3n) is 2.44. The number of methoxy groups -OCH3 is 1. The number of esters is 1. The van der Waals surface area contributed by atoms with Crippen LogP contribution in [0.3, 0.4) is 0 Å². The molecule has 1 aromatic rings. The number of ether oxygens (including phenoxy) is 2. The molecular weight excluding hydrogens is 254 g/mol. The molecule has 0 saturated heterocycles. The fourth-order valence-corrected chi connectivity index (χ4v) is 1.90. The molecule has 0 spiro atoms. The molecule has 100 valence electrons. The van der Waals surface area contributed by atoms with Crippen LogP contribution in [-0.2, 0) is 9.53 Å². The van der Waals surface area contributed by atoms with Gasteiger partial charge in [0.05, 0.1) is 18.7 Å². The van der Waals surface area contributed by atoms with Gasteiger partial charge >= 0.3 is 5.97 Å². The molecule has 4 nitrogen and oxygen atoms in total. The van der Waals surface area contributed by atoms with Crippen LogP contribution in [0.15, 0.2) is 18.2 Å². The highest BCUT2D eigenvalue weighted by atomic mass is 35.5. The Morgan fingerprint density at radius 1 is 1.44 bits per heavy atom. The minimum atomic E-state index is -0.502. The molecule has 0 bridgehead atoms. The number of carbonyl (C=O) groups is 1. The first-order valence-electron chi connectivity index (χ1n) is 5.87. The Kier molecular flexibility index (Phi) is 5.95. The first kappa shape index (κ1) is 14.8. The van der Waals surface area contributed by atoms with Gasteiger partial charge in [0.15, 0.2) is 0 Å². The lowest BCUT2D eigenvalue weighted by Crippen LogP contribution is -2.30. The van der Waals surface area contributed by atoms with Gasteiger partial charge in [-0.2, -0.15) is 0 Å². The predicted octanol–water partition coefficient (Wildman–Crippen LogP) is 2.56. The highest BCUT2D eigenvalue weighted by Crippen LogP contribution is 2.28. The van der Waals surface area contributed by atoms with E-state index in [2.05, 4.69) is 5.32 Å². The van der Waals surface area contributed by atoms with E-state index in [1.54, 1.807) is 32.2 Å². The fourth-order valence-electron chi connectivity index (χ4n) is 1.63. The van der Waals surface area contributed by atoms with Crippen LogP contribution in [-0.4, -0.2) is 26.2 Å². The summed E-state index contributed by atoms with van der Waals surface area (Å²) in [6.45, 7) is 4.72. The third-order valence-corrected chi connectivity index (χ3v) is 2.74. The second kappa shape index (κ2) is 7.24. The molecule has 1 atom stereocenters. The molecule has 1 aromatic carbocycles. The molecule has 0 aliphatic carbocycles. The number of hydrogen-bond donors (Lipinski definition) is 1. The lowest BCUT2D eigenvalue weighted by Gasteiger charge is -2.17. The van der Waals surface area contributed by atoms with Crippen LogP contribution >= 0.6 is 11.6 Å². The Morgan fingerprint density at radius 3 is 2.67 bits per heavy atom. The first-order chi connectivity index (χ1) is 8.63. The van der Waals surface area contributed by atoms with E-state index in [1.165, 1.54) is 0 Å². The minimum absolute atomic E-state index is 0.305. The summed E-state index contributed by atoms with van der Waals surface area (Å²) in [5, 5.41) is 3.55. The lowest BCUT2D eigenvalue weighted by atomic mass is 10.1. The number of halogens is 1. The number of rotatable bonds is 6. The fraction of sp³-hybridized carbons (Fsp3) is 0.462. The smallest absolute Gasteiger partial charge is 0.327 e. The highest BCUT2D eigenvalue weighted by molar-refractivity contribution is 6.32. The van der Waals surface area contributed by atoms with Gasteiger partial charge in [-0.05, 0) is 31.2 Å². The summed E-state index contributed by atoms with van der Waals surface area (Å²) in [4.78, 5) is 11.8. The van der Waals surface area contributed by atoms with Crippen molar-refractivity contribution in [3.63, 3.8) is 0 Å². The van der Waals surface area contributed by atoms with E-state index in [0.717, 1.165) is 5.56 Å². The summed E-state index contributed by atoms with van der Waals surface area (Å²) < 4.78 is 10.1. The van der Waals surface area contributed by atoms with E-state index in [0.29, 0.717) is 23.9 Å². The standard InChI is InChI=1S/C13H18ClNO3/c1-4-15-12(13(16)18-5-2)9-6-7-11(17-3)10(14)8-9/h6-8,12,15H,4-5H2,1-3H3. The van der Waals surface area contributed by atoms with E-state index in [1.807, 2.05) is 6.92 Å². The van der Waals surface area contributed by atoms with E-state index in [-0.39, 0.29) is 5.97 Å². The molecule has 0 aliphatic heterocycles. The van der Waals surface area contributed by atoms with Crippen LogP contribution in [0.25, 0.3) is 0 Å². The predicted molar refractivity (Wildman–Crippen MR) is 71.1 cm³/mol. The van der Waals surface area contributed by atoms with Crippen molar-refractivity contribution >= 4 is 17.6 Å². The molecule has 0 aliphatic rings. The van der Waals surface area contributed by atoms with Gasteiger partial charge in [0.25, 0.3) is 0 Å². The minimum Gasteiger partial charge on any atom is -0.495 e. The van der Waals surface area contributed by atoms with Crippen molar-refractivity contribution in [2.45, 2.75) is 19.9 Å². The van der Waals surface area contributed by atoms with Crippen LogP contribution < -0.4 is 10.1 Å². The van der Waals surface area contributed by atoms with Gasteiger partial charge in [-0.15, -0.1) is 0 Å². The quantitative estimate of drug-likeness (QED) is 0.808. The number of nitrogens with one attached hydrogen (secondary N) is 1. The van der Waals surface area contributed by atoms with Crippen molar-refractivity contribution in [3.05, 3.63) is 28.8 Å². The van der Waals surface area contributed by atoms with Crippen LogP contribution in [0.5, 0.6) is 5.75 Å². The zero-order chi connectivity index (χ0) is 13.5. The Morgan fingerprint density at radius 2 is 2.17 bits per heavy atom. The summed E-state index contributed by atoms with van der Waals surface area (Å²) in [6, 6.07) is 4.75. The molecule has 0 radical (unpaired) electrons. The molecule has 5 heteroatoms.